The highest BCUT2D eigenvalue weighted by Crippen LogP contribution is 2.44. The highest BCUT2D eigenvalue weighted by Gasteiger charge is 2.43. The summed E-state index contributed by atoms with van der Waals surface area (Å²) in [5, 5.41) is 0. The highest BCUT2D eigenvalue weighted by molar-refractivity contribution is 5.16. The van der Waals surface area contributed by atoms with Crippen LogP contribution < -0.4 is 5.73 Å². The molecule has 0 spiro atoms. The Morgan fingerprint density at radius 1 is 1.67 bits per heavy atom. The minimum atomic E-state index is -0.0104. The lowest BCUT2D eigenvalue weighted by Gasteiger charge is -2.46. The van der Waals surface area contributed by atoms with Crippen LogP contribution in [0.5, 0.6) is 0 Å². The summed E-state index contributed by atoms with van der Waals surface area (Å²) in [6.07, 6.45) is 8.20. The summed E-state index contributed by atoms with van der Waals surface area (Å²) >= 11 is 0. The van der Waals surface area contributed by atoms with Crippen LogP contribution in [0.1, 0.15) is 19.3 Å². The Morgan fingerprint density at radius 3 is 2.92 bits per heavy atom. The lowest BCUT2D eigenvalue weighted by Crippen LogP contribution is -2.48. The second kappa shape index (κ2) is 2.86. The molecule has 0 aromatic carbocycles. The number of allylic oxidation sites excluding steroid dienone is 1. The standard InChI is InChI=1S/C10H17NO/c1-12-10-4-2-8(3-5-10)6-9(10)7-11/h2,4,8-9H,3,5-7,11H2,1H3/t8-,9-,10-/m0/s1. The van der Waals surface area contributed by atoms with E-state index in [2.05, 4.69) is 12.2 Å². The lowest BCUT2D eigenvalue weighted by molar-refractivity contribution is -0.0578. The van der Waals surface area contributed by atoms with Crippen LogP contribution in [0, 0.1) is 11.8 Å². The molecule has 0 aliphatic heterocycles. The molecule has 3 atom stereocenters. The first-order valence-corrected chi connectivity index (χ1v) is 4.75. The number of rotatable bonds is 2. The van der Waals surface area contributed by atoms with Crippen molar-refractivity contribution in [2.24, 2.45) is 17.6 Å². The zero-order valence-electron chi connectivity index (χ0n) is 7.62. The van der Waals surface area contributed by atoms with Gasteiger partial charge in [-0.2, -0.15) is 0 Å². The lowest BCUT2D eigenvalue weighted by atomic mass is 9.66. The van der Waals surface area contributed by atoms with E-state index >= 15 is 0 Å². The molecule has 68 valence electrons. The maximum Gasteiger partial charge on any atom is 0.0899 e. The molecule has 0 aromatic rings. The maximum atomic E-state index is 5.74. The molecule has 3 aliphatic carbocycles. The van der Waals surface area contributed by atoms with Crippen molar-refractivity contribution in [1.82, 2.24) is 0 Å². The third kappa shape index (κ3) is 1.02. The fourth-order valence-electron chi connectivity index (χ4n) is 2.62. The van der Waals surface area contributed by atoms with E-state index in [1.165, 1.54) is 12.8 Å². The molecule has 3 rings (SSSR count). The summed E-state index contributed by atoms with van der Waals surface area (Å²) < 4.78 is 5.60. The van der Waals surface area contributed by atoms with E-state index < -0.39 is 0 Å². The fraction of sp³-hybridized carbons (Fsp3) is 0.800. The van der Waals surface area contributed by atoms with Crippen molar-refractivity contribution in [3.8, 4) is 0 Å². The Kier molecular flexibility index (Phi) is 1.97. The molecule has 1 fully saturated rings. The number of hydrogen-bond donors (Lipinski definition) is 1. The van der Waals surface area contributed by atoms with Crippen LogP contribution in [-0.2, 0) is 4.74 Å². The van der Waals surface area contributed by atoms with Gasteiger partial charge in [-0.1, -0.05) is 12.2 Å². The first-order valence-electron chi connectivity index (χ1n) is 4.75. The van der Waals surface area contributed by atoms with Gasteiger partial charge in [0.05, 0.1) is 5.60 Å². The molecule has 1 saturated carbocycles. The second-order valence-electron chi connectivity index (χ2n) is 3.99. The van der Waals surface area contributed by atoms with Gasteiger partial charge >= 0.3 is 0 Å². The average Bonchev–Trinajstić information content (AvgIpc) is 2.19. The molecular weight excluding hydrogens is 150 g/mol. The summed E-state index contributed by atoms with van der Waals surface area (Å²) in [5.74, 6) is 1.32. The quantitative estimate of drug-likeness (QED) is 0.629. The van der Waals surface area contributed by atoms with Gasteiger partial charge in [0, 0.05) is 13.0 Å². The topological polar surface area (TPSA) is 35.2 Å². The van der Waals surface area contributed by atoms with E-state index in [1.807, 2.05) is 0 Å². The van der Waals surface area contributed by atoms with E-state index in [9.17, 15) is 0 Å². The molecule has 3 aliphatic rings. The Labute approximate surface area is 73.8 Å². The number of fused-ring (bicyclic) bond motifs is 2. The van der Waals surface area contributed by atoms with Gasteiger partial charge in [-0.05, 0) is 31.7 Å². The van der Waals surface area contributed by atoms with Crippen molar-refractivity contribution >= 4 is 0 Å². The fourth-order valence-corrected chi connectivity index (χ4v) is 2.62. The van der Waals surface area contributed by atoms with Gasteiger partial charge in [0.15, 0.2) is 0 Å². The smallest absolute Gasteiger partial charge is 0.0899 e. The van der Waals surface area contributed by atoms with Crippen molar-refractivity contribution in [1.29, 1.82) is 0 Å². The molecule has 0 aromatic heterocycles. The Hall–Kier alpha value is -0.340. The van der Waals surface area contributed by atoms with E-state index in [4.69, 9.17) is 10.5 Å². The predicted octanol–water partition coefficient (Wildman–Crippen LogP) is 1.32. The first kappa shape index (κ1) is 8.27. The largest absolute Gasteiger partial charge is 0.374 e. The summed E-state index contributed by atoms with van der Waals surface area (Å²) in [5.41, 5.74) is 5.73. The summed E-state index contributed by atoms with van der Waals surface area (Å²) in [4.78, 5) is 0. The zero-order valence-corrected chi connectivity index (χ0v) is 7.62. The Bertz CT molecular complexity index is 202. The third-order valence-corrected chi connectivity index (χ3v) is 3.50. The van der Waals surface area contributed by atoms with Crippen LogP contribution in [0.25, 0.3) is 0 Å². The van der Waals surface area contributed by atoms with Gasteiger partial charge in [0.1, 0.15) is 0 Å². The molecule has 2 heteroatoms. The van der Waals surface area contributed by atoms with Crippen molar-refractivity contribution in [2.75, 3.05) is 13.7 Å². The van der Waals surface area contributed by atoms with Crippen LogP contribution >= 0.6 is 0 Å². The van der Waals surface area contributed by atoms with Crippen molar-refractivity contribution in [2.45, 2.75) is 24.9 Å². The molecule has 0 unspecified atom stereocenters. The number of ether oxygens (including phenoxy) is 1. The van der Waals surface area contributed by atoms with Gasteiger partial charge in [-0.15, -0.1) is 0 Å². The molecule has 12 heavy (non-hydrogen) atoms. The minimum Gasteiger partial charge on any atom is -0.374 e. The van der Waals surface area contributed by atoms with Gasteiger partial charge < -0.3 is 10.5 Å². The monoisotopic (exact) mass is 167 g/mol. The number of nitrogens with two attached hydrogens (primary N) is 1. The second-order valence-corrected chi connectivity index (χ2v) is 3.99. The molecule has 2 nitrogen and oxygen atoms in total. The van der Waals surface area contributed by atoms with E-state index in [0.29, 0.717) is 5.92 Å². The van der Waals surface area contributed by atoms with Crippen molar-refractivity contribution in [3.05, 3.63) is 12.2 Å². The molecule has 0 heterocycles. The van der Waals surface area contributed by atoms with Crippen LogP contribution in [0.4, 0.5) is 0 Å². The molecule has 2 bridgehead atoms. The van der Waals surface area contributed by atoms with Crippen LogP contribution in [0.15, 0.2) is 12.2 Å². The normalized spacial score (nSPS) is 45.2. The van der Waals surface area contributed by atoms with E-state index in [-0.39, 0.29) is 5.60 Å². The van der Waals surface area contributed by atoms with Gasteiger partial charge in [0.2, 0.25) is 0 Å². The predicted molar refractivity (Wildman–Crippen MR) is 48.8 cm³/mol. The number of methoxy groups -OCH3 is 1. The molecule has 0 saturated heterocycles. The minimum absolute atomic E-state index is 0.0104. The zero-order chi connectivity index (χ0) is 8.60. The molecule has 2 N–H and O–H groups in total. The Balaban J connectivity index is 2.25. The van der Waals surface area contributed by atoms with Gasteiger partial charge in [-0.3, -0.25) is 0 Å². The summed E-state index contributed by atoms with van der Waals surface area (Å²) in [6, 6.07) is 0. The van der Waals surface area contributed by atoms with Crippen molar-refractivity contribution < 1.29 is 4.74 Å². The molecule has 0 amide bonds. The highest BCUT2D eigenvalue weighted by atomic mass is 16.5. The molecule has 0 radical (unpaired) electrons. The van der Waals surface area contributed by atoms with E-state index in [1.54, 1.807) is 7.11 Å². The summed E-state index contributed by atoms with van der Waals surface area (Å²) in [7, 11) is 1.80. The molecular formula is C10H17NO. The van der Waals surface area contributed by atoms with Gasteiger partial charge in [0.25, 0.3) is 0 Å². The maximum absolute atomic E-state index is 5.74. The van der Waals surface area contributed by atoms with Gasteiger partial charge in [-0.25, -0.2) is 0 Å². The average molecular weight is 167 g/mol. The van der Waals surface area contributed by atoms with Crippen LogP contribution in [0.2, 0.25) is 0 Å². The van der Waals surface area contributed by atoms with Crippen molar-refractivity contribution in [3.63, 3.8) is 0 Å². The first-order chi connectivity index (χ1) is 5.80. The van der Waals surface area contributed by atoms with Crippen LogP contribution in [-0.4, -0.2) is 19.3 Å². The van der Waals surface area contributed by atoms with Crippen LogP contribution in [0.3, 0.4) is 0 Å². The summed E-state index contributed by atoms with van der Waals surface area (Å²) in [6.45, 7) is 0.759. The van der Waals surface area contributed by atoms with E-state index in [0.717, 1.165) is 18.9 Å². The third-order valence-electron chi connectivity index (χ3n) is 3.50. The number of hydrogen-bond acceptors (Lipinski definition) is 2. The SMILES string of the molecule is CO[C@@]12C=C[C@@H](CC1)C[C@H]2CN. The Morgan fingerprint density at radius 2 is 2.50 bits per heavy atom.